The molecule has 1 aliphatic heterocycles. The normalized spacial score (nSPS) is 22.5. The highest BCUT2D eigenvalue weighted by Crippen LogP contribution is 2.38. The number of aromatic nitrogens is 3. The van der Waals surface area contributed by atoms with Gasteiger partial charge < -0.3 is 10.6 Å². The molecule has 2 aromatic heterocycles. The Morgan fingerprint density at radius 1 is 1.23 bits per heavy atom. The Hall–Kier alpha value is -2.41. The Bertz CT molecular complexity index is 1000. The van der Waals surface area contributed by atoms with E-state index in [1.54, 1.807) is 6.20 Å². The van der Waals surface area contributed by atoms with Crippen LogP contribution < -0.4 is 10.6 Å². The largest absolute Gasteiger partial charge is 0.354 e. The molecule has 31 heavy (non-hydrogen) atoms. The molecule has 4 rings (SSSR count). The molecule has 1 aliphatic carbocycles. The van der Waals surface area contributed by atoms with E-state index in [-0.39, 0.29) is 29.2 Å². The summed E-state index contributed by atoms with van der Waals surface area (Å²) >= 11 is 6.50. The lowest BCUT2D eigenvalue weighted by molar-refractivity contribution is -0.123. The molecular formula is C23H30ClN5O2. The van der Waals surface area contributed by atoms with Crippen LogP contribution in [0.2, 0.25) is 5.02 Å². The molecule has 0 saturated heterocycles. The Labute approximate surface area is 188 Å². The molecule has 8 heteroatoms. The van der Waals surface area contributed by atoms with Crippen LogP contribution >= 0.6 is 11.6 Å². The number of carbonyl (C=O) groups excluding carboxylic acids is 2. The number of pyridine rings is 1. The van der Waals surface area contributed by atoms with Crippen LogP contribution in [0.25, 0.3) is 11.1 Å². The monoisotopic (exact) mass is 443 g/mol. The summed E-state index contributed by atoms with van der Waals surface area (Å²) in [5, 5.41) is 11.0. The topological polar surface area (TPSA) is 88.9 Å². The van der Waals surface area contributed by atoms with Gasteiger partial charge in [0.15, 0.2) is 0 Å². The molecule has 3 heterocycles. The summed E-state index contributed by atoms with van der Waals surface area (Å²) in [4.78, 5) is 28.6. The third-order valence-corrected chi connectivity index (χ3v) is 6.75. The number of hydrogen-bond acceptors (Lipinski definition) is 4. The highest BCUT2D eigenvalue weighted by molar-refractivity contribution is 6.33. The fourth-order valence-corrected chi connectivity index (χ4v) is 4.96. The van der Waals surface area contributed by atoms with E-state index < -0.39 is 0 Å². The van der Waals surface area contributed by atoms with Crippen LogP contribution in [0.3, 0.4) is 0 Å². The van der Waals surface area contributed by atoms with Crippen LogP contribution in [0, 0.1) is 11.3 Å². The molecule has 0 bridgehead atoms. The first-order valence-corrected chi connectivity index (χ1v) is 11.4. The predicted molar refractivity (Wildman–Crippen MR) is 121 cm³/mol. The van der Waals surface area contributed by atoms with Gasteiger partial charge in [-0.15, -0.1) is 0 Å². The van der Waals surface area contributed by atoms with Crippen molar-refractivity contribution in [1.29, 1.82) is 0 Å². The maximum atomic E-state index is 12.9. The molecular weight excluding hydrogens is 414 g/mol. The van der Waals surface area contributed by atoms with E-state index in [9.17, 15) is 9.59 Å². The number of halogens is 1. The number of nitrogens with one attached hydrogen (secondary N) is 2. The molecule has 0 unspecified atom stereocenters. The van der Waals surface area contributed by atoms with Crippen molar-refractivity contribution in [2.24, 2.45) is 11.3 Å². The third-order valence-electron chi connectivity index (χ3n) is 6.44. The molecule has 2 aliphatic rings. The Balaban J connectivity index is 1.52. The quantitative estimate of drug-likeness (QED) is 0.740. The zero-order chi connectivity index (χ0) is 22.2. The number of rotatable bonds is 4. The summed E-state index contributed by atoms with van der Waals surface area (Å²) in [5.74, 6) is 0.231. The first kappa shape index (κ1) is 21.8. The van der Waals surface area contributed by atoms with Crippen molar-refractivity contribution in [3.63, 3.8) is 0 Å². The van der Waals surface area contributed by atoms with Crippen LogP contribution in [-0.2, 0) is 22.6 Å². The summed E-state index contributed by atoms with van der Waals surface area (Å²) in [7, 11) is 0. The van der Waals surface area contributed by atoms with Crippen molar-refractivity contribution in [3.05, 3.63) is 29.2 Å². The molecule has 0 radical (unpaired) electrons. The fourth-order valence-electron chi connectivity index (χ4n) is 4.75. The number of carbonyl (C=O) groups is 2. The lowest BCUT2D eigenvalue weighted by Crippen LogP contribution is -2.40. The molecule has 2 aromatic rings. The molecule has 1 fully saturated rings. The summed E-state index contributed by atoms with van der Waals surface area (Å²) in [6, 6.07) is 1.89. The summed E-state index contributed by atoms with van der Waals surface area (Å²) < 4.78 is 2.06. The number of anilines is 1. The number of fused-ring (bicyclic) bond motifs is 1. The Kier molecular flexibility index (Phi) is 6.06. The highest BCUT2D eigenvalue weighted by atomic mass is 35.5. The minimum absolute atomic E-state index is 0.0530. The predicted octanol–water partition coefficient (Wildman–Crippen LogP) is 4.20. The molecule has 2 N–H and O–H groups in total. The summed E-state index contributed by atoms with van der Waals surface area (Å²) in [5.41, 5.74) is 3.23. The average molecular weight is 444 g/mol. The van der Waals surface area contributed by atoms with Gasteiger partial charge in [0.1, 0.15) is 5.82 Å². The number of nitrogens with zero attached hydrogens (tertiary/aromatic N) is 3. The number of amides is 2. The van der Waals surface area contributed by atoms with Gasteiger partial charge in [-0.25, -0.2) is 4.98 Å². The van der Waals surface area contributed by atoms with Crippen LogP contribution in [0.4, 0.5) is 5.82 Å². The van der Waals surface area contributed by atoms with Gasteiger partial charge in [-0.3, -0.25) is 14.3 Å². The van der Waals surface area contributed by atoms with Crippen LogP contribution in [-0.4, -0.2) is 32.6 Å². The van der Waals surface area contributed by atoms with E-state index in [1.807, 2.05) is 12.3 Å². The van der Waals surface area contributed by atoms with E-state index in [0.29, 0.717) is 17.3 Å². The average Bonchev–Trinajstić information content (AvgIpc) is 3.10. The van der Waals surface area contributed by atoms with Crippen molar-refractivity contribution in [3.8, 4) is 11.1 Å². The number of aryl methyl sites for hydroxylation is 1. The van der Waals surface area contributed by atoms with Crippen LogP contribution in [0.5, 0.6) is 0 Å². The van der Waals surface area contributed by atoms with E-state index >= 15 is 0 Å². The number of hydrogen-bond donors (Lipinski definition) is 2. The minimum atomic E-state index is -0.142. The van der Waals surface area contributed by atoms with Crippen LogP contribution in [0.1, 0.15) is 58.6 Å². The first-order chi connectivity index (χ1) is 14.7. The van der Waals surface area contributed by atoms with Crippen LogP contribution in [0.15, 0.2) is 18.5 Å². The maximum Gasteiger partial charge on any atom is 0.228 e. The highest BCUT2D eigenvalue weighted by Gasteiger charge is 2.30. The Morgan fingerprint density at radius 2 is 2.03 bits per heavy atom. The fraction of sp³-hybridized carbons (Fsp3) is 0.565. The minimum Gasteiger partial charge on any atom is -0.354 e. The molecule has 2 atom stereocenters. The van der Waals surface area contributed by atoms with Gasteiger partial charge in [0.2, 0.25) is 11.8 Å². The van der Waals surface area contributed by atoms with Gasteiger partial charge in [0, 0.05) is 48.4 Å². The lowest BCUT2D eigenvalue weighted by Gasteiger charge is -2.30. The van der Waals surface area contributed by atoms with Gasteiger partial charge in [0.25, 0.3) is 0 Å². The smallest absolute Gasteiger partial charge is 0.228 e. The van der Waals surface area contributed by atoms with Crippen molar-refractivity contribution in [1.82, 2.24) is 20.1 Å². The second-order valence-corrected chi connectivity index (χ2v) is 10.0. The van der Waals surface area contributed by atoms with E-state index in [0.717, 1.165) is 49.8 Å². The van der Waals surface area contributed by atoms with Crippen molar-refractivity contribution < 1.29 is 9.59 Å². The van der Waals surface area contributed by atoms with E-state index in [2.05, 4.69) is 39.2 Å². The molecule has 7 nitrogen and oxygen atoms in total. The van der Waals surface area contributed by atoms with E-state index in [1.165, 1.54) is 12.6 Å². The second kappa shape index (κ2) is 8.61. The van der Waals surface area contributed by atoms with Gasteiger partial charge in [0.05, 0.1) is 11.2 Å². The SMILES string of the molecule is CC(=O)N[C@H]1CCC[C@H](C(=O)Nc2cc(-c3cnn4c3CC(C)(C)CC4)c(Cl)cn2)C1. The van der Waals surface area contributed by atoms with Crippen molar-refractivity contribution >= 4 is 29.2 Å². The zero-order valence-corrected chi connectivity index (χ0v) is 19.1. The summed E-state index contributed by atoms with van der Waals surface area (Å²) in [6.07, 6.45) is 8.76. The van der Waals surface area contributed by atoms with Crippen molar-refractivity contribution in [2.75, 3.05) is 5.32 Å². The third kappa shape index (κ3) is 4.92. The summed E-state index contributed by atoms with van der Waals surface area (Å²) in [6.45, 7) is 6.95. The maximum absolute atomic E-state index is 12.9. The molecule has 166 valence electrons. The molecule has 2 amide bonds. The standard InChI is InChI=1S/C23H30ClN5O2/c1-14(30)27-16-6-4-5-15(9-16)22(31)28-21-10-17(19(24)13-25-21)18-12-26-29-8-7-23(2,3)11-20(18)29/h10,12-13,15-16H,4-9,11H2,1-3H3,(H,27,30)(H,25,28,31)/t15-,16-/m0/s1. The Morgan fingerprint density at radius 3 is 2.81 bits per heavy atom. The first-order valence-electron chi connectivity index (χ1n) is 11.0. The van der Waals surface area contributed by atoms with Gasteiger partial charge >= 0.3 is 0 Å². The second-order valence-electron chi connectivity index (χ2n) is 9.62. The van der Waals surface area contributed by atoms with Crippen molar-refractivity contribution in [2.45, 2.75) is 71.9 Å². The van der Waals surface area contributed by atoms with Gasteiger partial charge in [-0.2, -0.15) is 5.10 Å². The lowest BCUT2D eigenvalue weighted by atomic mass is 9.81. The molecule has 1 saturated carbocycles. The van der Waals surface area contributed by atoms with Gasteiger partial charge in [-0.1, -0.05) is 31.9 Å². The molecule has 0 spiro atoms. The molecule has 0 aromatic carbocycles. The van der Waals surface area contributed by atoms with E-state index in [4.69, 9.17) is 11.6 Å². The van der Waals surface area contributed by atoms with Gasteiger partial charge in [-0.05, 0) is 43.6 Å². The zero-order valence-electron chi connectivity index (χ0n) is 18.4.